The number of esters is 1. The maximum atomic E-state index is 13.0. The van der Waals surface area contributed by atoms with Gasteiger partial charge in [-0.25, -0.2) is 9.78 Å². The Labute approximate surface area is 191 Å². The van der Waals surface area contributed by atoms with Crippen LogP contribution in [0.3, 0.4) is 0 Å². The average Bonchev–Trinajstić information content (AvgIpc) is 2.77. The van der Waals surface area contributed by atoms with Crippen LogP contribution in [-0.2, 0) is 16.8 Å². The van der Waals surface area contributed by atoms with Crippen molar-refractivity contribution in [3.63, 3.8) is 0 Å². The lowest BCUT2D eigenvalue weighted by Crippen LogP contribution is -2.11. The molecule has 0 aliphatic carbocycles. The maximum Gasteiger partial charge on any atom is 0.339 e. The highest BCUT2D eigenvalue weighted by atomic mass is 79.9. The molecule has 0 bridgehead atoms. The number of ether oxygens (including phenoxy) is 1. The number of fused-ring (bicyclic) bond motifs is 1. The Morgan fingerprint density at radius 2 is 1.61 bits per heavy atom. The number of para-hydroxylation sites is 1. The molecule has 1 heterocycles. The molecule has 0 aliphatic rings. The number of benzene rings is 3. The lowest BCUT2D eigenvalue weighted by Gasteiger charge is -2.19. The number of hydrogen-bond acceptors (Lipinski definition) is 3. The molecule has 0 atom stereocenters. The fraction of sp³-hybridized carbons (Fsp3) is 0.185. The lowest BCUT2D eigenvalue weighted by molar-refractivity contribution is 0.0475. The van der Waals surface area contributed by atoms with E-state index in [-0.39, 0.29) is 18.0 Å². The van der Waals surface area contributed by atoms with Gasteiger partial charge in [0.05, 0.1) is 16.8 Å². The summed E-state index contributed by atoms with van der Waals surface area (Å²) >= 11 is 3.46. The standard InChI is InChI=1S/C27H24BrNO2/c1-27(2,3)20-12-8-18(9-13-20)17-31-26(30)23-16-25(19-10-14-21(28)15-11-19)29-24-7-5-4-6-22(23)24/h4-16H,17H2,1-3H3. The van der Waals surface area contributed by atoms with E-state index in [4.69, 9.17) is 9.72 Å². The third-order valence-corrected chi connectivity index (χ3v) is 5.79. The van der Waals surface area contributed by atoms with Crippen LogP contribution in [0.1, 0.15) is 42.3 Å². The summed E-state index contributed by atoms with van der Waals surface area (Å²) in [5.41, 5.74) is 5.29. The Kier molecular flexibility index (Phi) is 5.92. The molecule has 4 rings (SSSR count). The predicted octanol–water partition coefficient (Wildman–Crippen LogP) is 7.32. The zero-order valence-corrected chi connectivity index (χ0v) is 19.4. The monoisotopic (exact) mass is 473 g/mol. The summed E-state index contributed by atoms with van der Waals surface area (Å²) in [5.74, 6) is -0.350. The molecule has 156 valence electrons. The molecule has 4 aromatic rings. The average molecular weight is 474 g/mol. The number of hydrogen-bond donors (Lipinski definition) is 0. The summed E-state index contributed by atoms with van der Waals surface area (Å²) in [6.07, 6.45) is 0. The summed E-state index contributed by atoms with van der Waals surface area (Å²) in [6.45, 7) is 6.77. The smallest absolute Gasteiger partial charge is 0.339 e. The summed E-state index contributed by atoms with van der Waals surface area (Å²) in [4.78, 5) is 17.8. The topological polar surface area (TPSA) is 39.2 Å². The van der Waals surface area contributed by atoms with Crippen LogP contribution < -0.4 is 0 Å². The zero-order chi connectivity index (χ0) is 22.0. The second-order valence-corrected chi connectivity index (χ2v) is 9.52. The Morgan fingerprint density at radius 3 is 2.29 bits per heavy atom. The molecule has 4 heteroatoms. The third kappa shape index (κ3) is 4.86. The van der Waals surface area contributed by atoms with Gasteiger partial charge in [0.15, 0.2) is 0 Å². The van der Waals surface area contributed by atoms with Crippen LogP contribution in [0.4, 0.5) is 0 Å². The summed E-state index contributed by atoms with van der Waals surface area (Å²) in [7, 11) is 0. The molecule has 31 heavy (non-hydrogen) atoms. The summed E-state index contributed by atoms with van der Waals surface area (Å²) in [6, 6.07) is 25.6. The Balaban J connectivity index is 1.62. The van der Waals surface area contributed by atoms with E-state index in [2.05, 4.69) is 48.8 Å². The minimum Gasteiger partial charge on any atom is -0.457 e. The fourth-order valence-electron chi connectivity index (χ4n) is 3.44. The van der Waals surface area contributed by atoms with Crippen molar-refractivity contribution in [2.24, 2.45) is 0 Å². The molecule has 0 saturated carbocycles. The first-order valence-electron chi connectivity index (χ1n) is 10.2. The van der Waals surface area contributed by atoms with E-state index in [1.54, 1.807) is 0 Å². The Morgan fingerprint density at radius 1 is 0.935 bits per heavy atom. The first-order valence-corrected chi connectivity index (χ1v) is 11.0. The first-order chi connectivity index (χ1) is 14.8. The molecule has 1 aromatic heterocycles. The van der Waals surface area contributed by atoms with E-state index >= 15 is 0 Å². The highest BCUT2D eigenvalue weighted by Gasteiger charge is 2.16. The molecule has 0 N–H and O–H groups in total. The van der Waals surface area contributed by atoms with Gasteiger partial charge in [-0.3, -0.25) is 0 Å². The number of aromatic nitrogens is 1. The van der Waals surface area contributed by atoms with Crippen molar-refractivity contribution in [1.82, 2.24) is 4.98 Å². The number of carbonyl (C=O) groups is 1. The van der Waals surface area contributed by atoms with Gasteiger partial charge >= 0.3 is 5.97 Å². The summed E-state index contributed by atoms with van der Waals surface area (Å²) in [5, 5.41) is 0.788. The minimum absolute atomic E-state index is 0.0919. The number of pyridine rings is 1. The van der Waals surface area contributed by atoms with Gasteiger partial charge in [-0.1, -0.05) is 91.3 Å². The lowest BCUT2D eigenvalue weighted by atomic mass is 9.87. The van der Waals surface area contributed by atoms with Gasteiger partial charge in [0.25, 0.3) is 0 Å². The predicted molar refractivity (Wildman–Crippen MR) is 129 cm³/mol. The highest BCUT2D eigenvalue weighted by molar-refractivity contribution is 9.10. The molecule has 0 radical (unpaired) electrons. The Bertz CT molecular complexity index is 1220. The van der Waals surface area contributed by atoms with Crippen molar-refractivity contribution in [3.05, 3.63) is 100 Å². The molecule has 3 nitrogen and oxygen atoms in total. The van der Waals surface area contributed by atoms with Gasteiger partial charge in [-0.15, -0.1) is 0 Å². The van der Waals surface area contributed by atoms with E-state index in [1.165, 1.54) is 5.56 Å². The molecule has 0 fully saturated rings. The quantitative estimate of drug-likeness (QED) is 0.291. The highest BCUT2D eigenvalue weighted by Crippen LogP contribution is 2.27. The van der Waals surface area contributed by atoms with Crippen LogP contribution in [0.2, 0.25) is 0 Å². The van der Waals surface area contributed by atoms with Crippen LogP contribution >= 0.6 is 15.9 Å². The number of carbonyl (C=O) groups excluding carboxylic acids is 1. The van der Waals surface area contributed by atoms with Crippen molar-refractivity contribution in [2.75, 3.05) is 0 Å². The SMILES string of the molecule is CC(C)(C)c1ccc(COC(=O)c2cc(-c3ccc(Br)cc3)nc3ccccc23)cc1. The van der Waals surface area contributed by atoms with Gasteiger partial charge in [0, 0.05) is 15.4 Å². The number of halogens is 1. The van der Waals surface area contributed by atoms with Gasteiger partial charge in [0.2, 0.25) is 0 Å². The van der Waals surface area contributed by atoms with Crippen molar-refractivity contribution in [2.45, 2.75) is 32.8 Å². The molecule has 0 saturated heterocycles. The van der Waals surface area contributed by atoms with E-state index in [9.17, 15) is 4.79 Å². The van der Waals surface area contributed by atoms with Gasteiger partial charge in [-0.05, 0) is 40.8 Å². The number of nitrogens with zero attached hydrogens (tertiary/aromatic N) is 1. The normalized spacial score (nSPS) is 11.5. The van der Waals surface area contributed by atoms with Crippen LogP contribution in [0.15, 0.2) is 83.3 Å². The van der Waals surface area contributed by atoms with Crippen molar-refractivity contribution in [1.29, 1.82) is 0 Å². The number of rotatable bonds is 4. The van der Waals surface area contributed by atoms with Crippen LogP contribution in [0.25, 0.3) is 22.2 Å². The Hall–Kier alpha value is -2.98. The van der Waals surface area contributed by atoms with Crippen molar-refractivity contribution < 1.29 is 9.53 Å². The molecule has 0 aliphatic heterocycles. The molecule has 0 unspecified atom stereocenters. The van der Waals surface area contributed by atoms with E-state index in [0.717, 1.165) is 32.2 Å². The molecule has 0 spiro atoms. The van der Waals surface area contributed by atoms with Crippen molar-refractivity contribution >= 4 is 32.8 Å². The second kappa shape index (κ2) is 8.64. The first kappa shape index (κ1) is 21.3. The van der Waals surface area contributed by atoms with Crippen LogP contribution in [0.5, 0.6) is 0 Å². The van der Waals surface area contributed by atoms with E-state index < -0.39 is 0 Å². The van der Waals surface area contributed by atoms with Crippen LogP contribution in [0, 0.1) is 0 Å². The van der Waals surface area contributed by atoms with Gasteiger partial charge in [0.1, 0.15) is 6.61 Å². The molecular weight excluding hydrogens is 450 g/mol. The van der Waals surface area contributed by atoms with E-state index in [0.29, 0.717) is 5.56 Å². The van der Waals surface area contributed by atoms with Crippen molar-refractivity contribution in [3.8, 4) is 11.3 Å². The fourth-order valence-corrected chi connectivity index (χ4v) is 3.70. The molecular formula is C27H24BrNO2. The maximum absolute atomic E-state index is 13.0. The van der Waals surface area contributed by atoms with Gasteiger partial charge in [-0.2, -0.15) is 0 Å². The second-order valence-electron chi connectivity index (χ2n) is 8.60. The van der Waals surface area contributed by atoms with Gasteiger partial charge < -0.3 is 4.74 Å². The van der Waals surface area contributed by atoms with Crippen LogP contribution in [-0.4, -0.2) is 11.0 Å². The third-order valence-electron chi connectivity index (χ3n) is 5.27. The summed E-state index contributed by atoms with van der Waals surface area (Å²) < 4.78 is 6.68. The van der Waals surface area contributed by atoms with E-state index in [1.807, 2.05) is 66.7 Å². The molecule has 0 amide bonds. The zero-order valence-electron chi connectivity index (χ0n) is 17.9. The largest absolute Gasteiger partial charge is 0.457 e. The minimum atomic E-state index is -0.350. The molecule has 3 aromatic carbocycles.